The number of aliphatic imine (C=N–C) groups is 1. The van der Waals surface area contributed by atoms with Gasteiger partial charge in [-0.1, -0.05) is 24.2 Å². The van der Waals surface area contributed by atoms with E-state index in [1.807, 2.05) is 0 Å². The second-order valence-electron chi connectivity index (χ2n) is 4.90. The van der Waals surface area contributed by atoms with Crippen molar-refractivity contribution < 1.29 is 13.9 Å². The fourth-order valence-corrected chi connectivity index (χ4v) is 3.60. The molecule has 0 atom stereocenters. The van der Waals surface area contributed by atoms with Crippen LogP contribution in [0.5, 0.6) is 5.75 Å². The smallest absolute Gasteiger partial charge is 0.396 e. The highest BCUT2D eigenvalue weighted by Gasteiger charge is 2.38. The van der Waals surface area contributed by atoms with Gasteiger partial charge in [-0.25, -0.2) is 9.59 Å². The number of ether oxygens (including phenoxy) is 1. The quantitative estimate of drug-likeness (QED) is 0.644. The van der Waals surface area contributed by atoms with Crippen molar-refractivity contribution in [3.05, 3.63) is 27.4 Å². The lowest BCUT2D eigenvalue weighted by Gasteiger charge is -2.24. The zero-order chi connectivity index (χ0) is 14.2. The van der Waals surface area contributed by atoms with Crippen LogP contribution in [0, 0.1) is 0 Å². The molecule has 0 unspecified atom stereocenters. The van der Waals surface area contributed by atoms with E-state index in [2.05, 4.69) is 4.99 Å². The molecular weight excluding hydrogens is 278 g/mol. The topological polar surface area (TPSA) is 68.9 Å². The molecule has 1 heterocycles. The molecule has 2 aromatic rings. The molecule has 1 fully saturated rings. The van der Waals surface area contributed by atoms with Gasteiger partial charge in [-0.15, -0.1) is 0 Å². The van der Waals surface area contributed by atoms with Crippen LogP contribution in [0.2, 0.25) is 0 Å². The van der Waals surface area contributed by atoms with Gasteiger partial charge in [0.05, 0.1) is 11.8 Å². The SMILES string of the molecule is COc1cc2sc(=O)oc2cc1C1(N=C=O)CCCC1. The first-order valence-electron chi connectivity index (χ1n) is 6.40. The maximum absolute atomic E-state index is 11.4. The lowest BCUT2D eigenvalue weighted by atomic mass is 9.88. The molecule has 0 saturated heterocycles. The minimum Gasteiger partial charge on any atom is -0.496 e. The lowest BCUT2D eigenvalue weighted by molar-refractivity contribution is 0.379. The van der Waals surface area contributed by atoms with Gasteiger partial charge in [0.2, 0.25) is 6.08 Å². The van der Waals surface area contributed by atoms with Gasteiger partial charge < -0.3 is 9.15 Å². The fourth-order valence-electron chi connectivity index (χ4n) is 2.92. The number of methoxy groups -OCH3 is 1. The third kappa shape index (κ3) is 1.97. The minimum absolute atomic E-state index is 0.349. The summed E-state index contributed by atoms with van der Waals surface area (Å²) < 4.78 is 11.3. The normalized spacial score (nSPS) is 17.1. The highest BCUT2D eigenvalue weighted by Crippen LogP contribution is 2.46. The summed E-state index contributed by atoms with van der Waals surface area (Å²) in [6.07, 6.45) is 5.24. The van der Waals surface area contributed by atoms with Gasteiger partial charge in [0.15, 0.2) is 0 Å². The second kappa shape index (κ2) is 4.89. The van der Waals surface area contributed by atoms with Crippen molar-refractivity contribution in [2.24, 2.45) is 4.99 Å². The molecule has 0 spiro atoms. The Balaban J connectivity index is 2.27. The van der Waals surface area contributed by atoms with Crippen molar-refractivity contribution >= 4 is 27.7 Å². The molecule has 1 aliphatic rings. The van der Waals surface area contributed by atoms with Crippen molar-refractivity contribution in [3.63, 3.8) is 0 Å². The monoisotopic (exact) mass is 291 g/mol. The lowest BCUT2D eigenvalue weighted by Crippen LogP contribution is -2.19. The molecule has 20 heavy (non-hydrogen) atoms. The summed E-state index contributed by atoms with van der Waals surface area (Å²) in [6.45, 7) is 0. The summed E-state index contributed by atoms with van der Waals surface area (Å²) in [5, 5.41) is 0. The van der Waals surface area contributed by atoms with Gasteiger partial charge in [-0.05, 0) is 18.9 Å². The van der Waals surface area contributed by atoms with Crippen LogP contribution in [0.1, 0.15) is 31.2 Å². The maximum atomic E-state index is 11.4. The zero-order valence-corrected chi connectivity index (χ0v) is 11.8. The fraction of sp³-hybridized carbons (Fsp3) is 0.429. The van der Waals surface area contributed by atoms with Crippen molar-refractivity contribution in [2.45, 2.75) is 31.2 Å². The van der Waals surface area contributed by atoms with Gasteiger partial charge in [-0.3, -0.25) is 0 Å². The third-order valence-electron chi connectivity index (χ3n) is 3.84. The second-order valence-corrected chi connectivity index (χ2v) is 5.87. The van der Waals surface area contributed by atoms with Crippen LogP contribution < -0.4 is 9.68 Å². The van der Waals surface area contributed by atoms with Crippen molar-refractivity contribution in [1.29, 1.82) is 0 Å². The Kier molecular flexibility index (Phi) is 3.20. The number of hydrogen-bond acceptors (Lipinski definition) is 6. The summed E-state index contributed by atoms with van der Waals surface area (Å²) >= 11 is 1.03. The minimum atomic E-state index is -0.595. The molecule has 1 aromatic carbocycles. The van der Waals surface area contributed by atoms with Gasteiger partial charge in [0.25, 0.3) is 0 Å². The van der Waals surface area contributed by atoms with Crippen LogP contribution in [-0.2, 0) is 10.3 Å². The van der Waals surface area contributed by atoms with Gasteiger partial charge in [-0.2, -0.15) is 4.99 Å². The van der Waals surface area contributed by atoms with E-state index in [9.17, 15) is 9.59 Å². The van der Waals surface area contributed by atoms with Crippen molar-refractivity contribution in [2.75, 3.05) is 7.11 Å². The summed E-state index contributed by atoms with van der Waals surface area (Å²) in [4.78, 5) is 25.9. The predicted molar refractivity (Wildman–Crippen MR) is 75.2 cm³/mol. The molecule has 0 amide bonds. The van der Waals surface area contributed by atoms with E-state index in [0.717, 1.165) is 47.3 Å². The Bertz CT molecular complexity index is 748. The highest BCUT2D eigenvalue weighted by atomic mass is 32.1. The highest BCUT2D eigenvalue weighted by molar-refractivity contribution is 7.16. The summed E-state index contributed by atoms with van der Waals surface area (Å²) in [5.41, 5.74) is 0.722. The van der Waals surface area contributed by atoms with Crippen LogP contribution in [0.15, 0.2) is 26.3 Å². The number of rotatable bonds is 3. The Labute approximate surface area is 118 Å². The number of benzene rings is 1. The van der Waals surface area contributed by atoms with E-state index in [4.69, 9.17) is 9.15 Å². The molecule has 104 valence electrons. The molecule has 0 bridgehead atoms. The first-order chi connectivity index (χ1) is 9.68. The molecular formula is C14H13NO4S. The Hall–Kier alpha value is -1.91. The number of fused-ring (bicyclic) bond motifs is 1. The van der Waals surface area contributed by atoms with E-state index in [-0.39, 0.29) is 4.94 Å². The van der Waals surface area contributed by atoms with E-state index < -0.39 is 5.54 Å². The van der Waals surface area contributed by atoms with Crippen molar-refractivity contribution in [3.8, 4) is 5.75 Å². The number of carbonyl (C=O) groups excluding carboxylic acids is 1. The average molecular weight is 291 g/mol. The van der Waals surface area contributed by atoms with Crippen LogP contribution in [0.4, 0.5) is 0 Å². The molecule has 5 nitrogen and oxygen atoms in total. The molecule has 0 radical (unpaired) electrons. The van der Waals surface area contributed by atoms with E-state index >= 15 is 0 Å². The van der Waals surface area contributed by atoms with Crippen LogP contribution in [0.25, 0.3) is 10.3 Å². The zero-order valence-electron chi connectivity index (χ0n) is 11.0. The number of isocyanates is 1. The largest absolute Gasteiger partial charge is 0.496 e. The van der Waals surface area contributed by atoms with Crippen LogP contribution in [0.3, 0.4) is 0 Å². The van der Waals surface area contributed by atoms with Gasteiger partial charge >= 0.3 is 4.94 Å². The summed E-state index contributed by atoms with van der Waals surface area (Å²) in [6, 6.07) is 3.55. The third-order valence-corrected chi connectivity index (χ3v) is 4.63. The van der Waals surface area contributed by atoms with E-state index in [1.54, 1.807) is 25.3 Å². The first-order valence-corrected chi connectivity index (χ1v) is 7.21. The Morgan fingerprint density at radius 3 is 2.80 bits per heavy atom. The first kappa shape index (κ1) is 13.1. The molecule has 3 rings (SSSR count). The molecule has 6 heteroatoms. The molecule has 1 aromatic heterocycles. The van der Waals surface area contributed by atoms with E-state index in [0.29, 0.717) is 11.3 Å². The number of nitrogens with zero attached hydrogens (tertiary/aromatic N) is 1. The molecule has 1 saturated carbocycles. The average Bonchev–Trinajstić information content (AvgIpc) is 3.03. The molecule has 0 N–H and O–H groups in total. The maximum Gasteiger partial charge on any atom is 0.396 e. The standard InChI is InChI=1S/C14H13NO4S/c1-18-10-7-12-11(19-13(17)20-12)6-9(10)14(15-8-16)4-2-3-5-14/h6-7H,2-5H2,1H3. The summed E-state index contributed by atoms with van der Waals surface area (Å²) in [5.74, 6) is 0.635. The van der Waals surface area contributed by atoms with E-state index in [1.165, 1.54) is 0 Å². The van der Waals surface area contributed by atoms with Gasteiger partial charge in [0.1, 0.15) is 16.9 Å². The Morgan fingerprint density at radius 2 is 2.15 bits per heavy atom. The predicted octanol–water partition coefficient (Wildman–Crippen LogP) is 2.97. The summed E-state index contributed by atoms with van der Waals surface area (Å²) in [7, 11) is 1.57. The molecule has 1 aliphatic carbocycles. The van der Waals surface area contributed by atoms with Crippen LogP contribution >= 0.6 is 11.3 Å². The number of hydrogen-bond donors (Lipinski definition) is 0. The Morgan fingerprint density at radius 1 is 1.40 bits per heavy atom. The van der Waals surface area contributed by atoms with Crippen molar-refractivity contribution in [1.82, 2.24) is 0 Å². The van der Waals surface area contributed by atoms with Crippen LogP contribution in [-0.4, -0.2) is 13.2 Å². The molecule has 0 aliphatic heterocycles. The van der Waals surface area contributed by atoms with Gasteiger partial charge in [0, 0.05) is 11.6 Å².